The van der Waals surface area contributed by atoms with Gasteiger partial charge in [-0.05, 0) is 51.4 Å². The van der Waals surface area contributed by atoms with Gasteiger partial charge in [-0.3, -0.25) is 9.59 Å². The first-order chi connectivity index (χ1) is 25.1. The topological polar surface area (TPSA) is 99.1 Å². The molecule has 52 heavy (non-hydrogen) atoms. The normalized spacial score (nSPS) is 13.9. The molecule has 2 unspecified atom stereocenters. The summed E-state index contributed by atoms with van der Waals surface area (Å²) in [5.41, 5.74) is 0. The van der Waals surface area contributed by atoms with Crippen molar-refractivity contribution < 1.29 is 38.2 Å². The lowest BCUT2D eigenvalue weighted by Gasteiger charge is -2.31. The van der Waals surface area contributed by atoms with Crippen LogP contribution in [0.25, 0.3) is 0 Å². The molecule has 0 aromatic heterocycles. The third kappa shape index (κ3) is 32.4. The quantitative estimate of drug-likeness (QED) is 0.0236. The number of nitrogens with zero attached hydrogens (tertiary/aromatic N) is 1. The van der Waals surface area contributed by atoms with Crippen molar-refractivity contribution in [2.24, 2.45) is 0 Å². The van der Waals surface area contributed by atoms with Crippen LogP contribution in [0.5, 0.6) is 0 Å². The fourth-order valence-electron chi connectivity index (χ4n) is 5.10. The van der Waals surface area contributed by atoms with Crippen molar-refractivity contribution in [3.63, 3.8) is 0 Å². The Kier molecular flexibility index (Phi) is 32.3. The molecule has 0 aromatic carbocycles. The summed E-state index contributed by atoms with van der Waals surface area (Å²) in [5, 5.41) is 9.59. The highest BCUT2D eigenvalue weighted by Crippen LogP contribution is 2.11. The first kappa shape index (κ1) is 48.5. The highest BCUT2D eigenvalue weighted by molar-refractivity contribution is 5.72. The Hall–Kier alpha value is -3.49. The van der Waals surface area contributed by atoms with Crippen LogP contribution >= 0.6 is 0 Å². The second kappa shape index (κ2) is 34.6. The fourth-order valence-corrected chi connectivity index (χ4v) is 5.10. The molecule has 0 heterocycles. The molecule has 8 nitrogen and oxygen atoms in total. The number of ether oxygens (including phenoxy) is 3. The number of aliphatic carboxylic acids is 1. The molecular formula is C44H72NO7+. The number of esters is 2. The maximum Gasteiger partial charge on any atom is 0.362 e. The SMILES string of the molecule is CC/C=C/C=C/C=C/C=C/C=C/CCCCCC(=O)OCC(COCCC(C(=O)O)[N+](C)(C)C)OC(=O)CC/C=C/C/C=C/CCCCCCCC. The summed E-state index contributed by atoms with van der Waals surface area (Å²) in [6.07, 6.45) is 43.6. The molecule has 0 rings (SSSR count). The van der Waals surface area contributed by atoms with Gasteiger partial charge >= 0.3 is 17.9 Å². The highest BCUT2D eigenvalue weighted by Gasteiger charge is 2.31. The van der Waals surface area contributed by atoms with E-state index >= 15 is 0 Å². The molecule has 0 saturated carbocycles. The van der Waals surface area contributed by atoms with E-state index in [-0.39, 0.29) is 36.7 Å². The highest BCUT2D eigenvalue weighted by atomic mass is 16.6. The van der Waals surface area contributed by atoms with Crippen molar-refractivity contribution in [2.75, 3.05) is 41.0 Å². The third-order valence-electron chi connectivity index (χ3n) is 8.17. The van der Waals surface area contributed by atoms with E-state index in [4.69, 9.17) is 14.2 Å². The lowest BCUT2D eigenvalue weighted by molar-refractivity contribution is -0.887. The van der Waals surface area contributed by atoms with Gasteiger partial charge in [0.15, 0.2) is 12.1 Å². The molecule has 0 bridgehead atoms. The third-order valence-corrected chi connectivity index (χ3v) is 8.17. The smallest absolute Gasteiger partial charge is 0.362 e. The van der Waals surface area contributed by atoms with E-state index in [1.54, 1.807) is 0 Å². The van der Waals surface area contributed by atoms with E-state index in [0.717, 1.165) is 38.5 Å². The number of carboxylic acids is 1. The molecule has 0 aliphatic heterocycles. The molecule has 0 aromatic rings. The number of unbranched alkanes of at least 4 members (excludes halogenated alkanes) is 9. The second-order valence-electron chi connectivity index (χ2n) is 13.9. The van der Waals surface area contributed by atoms with Gasteiger partial charge in [-0.1, -0.05) is 137 Å². The largest absolute Gasteiger partial charge is 0.477 e. The second-order valence-corrected chi connectivity index (χ2v) is 13.9. The standard InChI is InChI=1S/C44H71NO7/c1-6-8-10-12-14-16-18-20-21-23-24-26-28-30-32-34-42(46)51-39-40(38-50-37-36-41(44(48)49)45(3,4)5)52-43(47)35-33-31-29-27-25-22-19-17-15-13-11-9-7-2/h8,10,12,14,16,18,20-25,29,31,40-41H,6-7,9,11,13,15,17,19,26-28,30,32-39H2,1-5H3/p+1/b10-8+,14-12+,18-16+,21-20+,24-23+,25-22+,31-29+. The molecule has 8 heteroatoms. The summed E-state index contributed by atoms with van der Waals surface area (Å²) in [5.74, 6) is -1.62. The van der Waals surface area contributed by atoms with Gasteiger partial charge in [0.25, 0.3) is 0 Å². The Balaban J connectivity index is 4.60. The molecule has 0 amide bonds. The van der Waals surface area contributed by atoms with Crippen LogP contribution in [-0.4, -0.2) is 80.6 Å². The minimum Gasteiger partial charge on any atom is -0.477 e. The van der Waals surface area contributed by atoms with Crippen molar-refractivity contribution in [1.82, 2.24) is 0 Å². The van der Waals surface area contributed by atoms with E-state index in [0.29, 0.717) is 25.7 Å². The Morgan fingerprint density at radius 1 is 0.615 bits per heavy atom. The Bertz CT molecular complexity index is 1120. The first-order valence-corrected chi connectivity index (χ1v) is 19.7. The molecule has 2 atom stereocenters. The predicted molar refractivity (Wildman–Crippen MR) is 215 cm³/mol. The number of likely N-dealkylation sites (N-methyl/N-ethyl adjacent to an activating group) is 1. The molecule has 0 radical (unpaired) electrons. The van der Waals surface area contributed by atoms with Crippen LogP contribution in [0.15, 0.2) is 85.1 Å². The summed E-state index contributed by atoms with van der Waals surface area (Å²) in [6.45, 7) is 4.44. The zero-order valence-corrected chi connectivity index (χ0v) is 33.2. The summed E-state index contributed by atoms with van der Waals surface area (Å²) in [4.78, 5) is 36.8. The lowest BCUT2D eigenvalue weighted by Crippen LogP contribution is -2.50. The average molecular weight is 727 g/mol. The predicted octanol–water partition coefficient (Wildman–Crippen LogP) is 10.2. The van der Waals surface area contributed by atoms with Crippen LogP contribution < -0.4 is 0 Å². The maximum atomic E-state index is 12.6. The first-order valence-electron chi connectivity index (χ1n) is 19.7. The van der Waals surface area contributed by atoms with Crippen molar-refractivity contribution in [3.8, 4) is 0 Å². The number of hydrogen-bond donors (Lipinski definition) is 1. The van der Waals surface area contributed by atoms with Crippen LogP contribution in [0, 0.1) is 0 Å². The molecule has 0 aliphatic rings. The van der Waals surface area contributed by atoms with Crippen LogP contribution in [0.1, 0.15) is 123 Å². The number of rotatable bonds is 33. The van der Waals surface area contributed by atoms with Gasteiger partial charge in [-0.25, -0.2) is 4.79 Å². The van der Waals surface area contributed by atoms with Gasteiger partial charge in [0.05, 0.1) is 34.4 Å². The number of carboxylic acid groups (broad SMARTS) is 1. The number of allylic oxidation sites excluding steroid dienone is 14. The molecule has 294 valence electrons. The molecule has 0 fully saturated rings. The number of quaternary nitrogens is 1. The van der Waals surface area contributed by atoms with E-state index in [2.05, 4.69) is 44.2 Å². The molecular weight excluding hydrogens is 654 g/mol. The number of carbonyl (C=O) groups excluding carboxylic acids is 2. The van der Waals surface area contributed by atoms with Gasteiger partial charge in [-0.15, -0.1) is 0 Å². The van der Waals surface area contributed by atoms with Gasteiger partial charge in [-0.2, -0.15) is 0 Å². The minimum atomic E-state index is -0.894. The van der Waals surface area contributed by atoms with E-state index < -0.39 is 24.1 Å². The average Bonchev–Trinajstić information content (AvgIpc) is 3.09. The minimum absolute atomic E-state index is 0.0192. The fraction of sp³-hybridized carbons (Fsp3) is 0.614. The number of hydrogen-bond acceptors (Lipinski definition) is 6. The van der Waals surface area contributed by atoms with E-state index in [1.807, 2.05) is 75.8 Å². The maximum absolute atomic E-state index is 12.6. The van der Waals surface area contributed by atoms with Crippen molar-refractivity contribution in [1.29, 1.82) is 0 Å². The van der Waals surface area contributed by atoms with Crippen molar-refractivity contribution >= 4 is 17.9 Å². The Morgan fingerprint density at radius 3 is 1.83 bits per heavy atom. The summed E-state index contributed by atoms with van der Waals surface area (Å²) >= 11 is 0. The van der Waals surface area contributed by atoms with Crippen molar-refractivity contribution in [3.05, 3.63) is 85.1 Å². The number of carbonyl (C=O) groups is 3. The Labute approximate surface area is 316 Å². The van der Waals surface area contributed by atoms with Crippen molar-refractivity contribution in [2.45, 2.75) is 135 Å². The monoisotopic (exact) mass is 727 g/mol. The summed E-state index contributed by atoms with van der Waals surface area (Å²) in [6, 6.07) is -0.634. The van der Waals surface area contributed by atoms with E-state index in [9.17, 15) is 19.5 Å². The zero-order valence-electron chi connectivity index (χ0n) is 33.2. The van der Waals surface area contributed by atoms with Crippen LogP contribution in [0.2, 0.25) is 0 Å². The van der Waals surface area contributed by atoms with Crippen LogP contribution in [-0.2, 0) is 28.6 Å². The molecule has 0 aliphatic carbocycles. The molecule has 0 spiro atoms. The van der Waals surface area contributed by atoms with E-state index in [1.165, 1.54) is 38.5 Å². The zero-order chi connectivity index (χ0) is 38.5. The lowest BCUT2D eigenvalue weighted by atomic mass is 10.1. The van der Waals surface area contributed by atoms with Gasteiger partial charge in [0.1, 0.15) is 6.61 Å². The van der Waals surface area contributed by atoms with Gasteiger partial charge in [0.2, 0.25) is 0 Å². The van der Waals surface area contributed by atoms with Gasteiger partial charge in [0, 0.05) is 19.3 Å². The summed E-state index contributed by atoms with van der Waals surface area (Å²) in [7, 11) is 5.47. The van der Waals surface area contributed by atoms with Gasteiger partial charge < -0.3 is 23.8 Å². The molecule has 0 saturated heterocycles. The molecule has 1 N–H and O–H groups in total. The van der Waals surface area contributed by atoms with Crippen LogP contribution in [0.3, 0.4) is 0 Å². The Morgan fingerprint density at radius 2 is 1.19 bits per heavy atom. The van der Waals surface area contributed by atoms with Crippen LogP contribution in [0.4, 0.5) is 0 Å². The summed E-state index contributed by atoms with van der Waals surface area (Å²) < 4.78 is 17.1.